The molecule has 0 radical (unpaired) electrons. The molecule has 10 aliphatic rings. The molecule has 7 aromatic rings. The van der Waals surface area contributed by atoms with Crippen LogP contribution in [0.4, 0.5) is 0 Å². The molecule has 0 saturated carbocycles. The Labute approximate surface area is 718 Å². The maximum absolute atomic E-state index is 16.9. The van der Waals surface area contributed by atoms with E-state index >= 15 is 24.0 Å². The smallest absolute Gasteiger partial charge is 0.333 e. The van der Waals surface area contributed by atoms with Crippen LogP contribution in [-0.2, 0) is 66.7 Å². The molecule has 43 nitrogen and oxygen atoms in total. The first kappa shape index (κ1) is 90.0. The highest BCUT2D eigenvalue weighted by Crippen LogP contribution is 2.50. The van der Waals surface area contributed by atoms with Crippen LogP contribution in [0.3, 0.4) is 0 Å². The molecule has 4 saturated heterocycles. The Morgan fingerprint density at radius 3 is 1.62 bits per heavy atom. The lowest BCUT2D eigenvalue weighted by molar-refractivity contribution is -0.318. The Kier molecular flexibility index (Phi) is 25.9. The standard InChI is InChI=1S/C84H92N8O35/c1-28-45(97)18-35-20-46(28)122-47-19-33(9-16-44(47)96)55(86)75(109)91-60-64(100)31-5-11-38(12-6-31)120-49-21-36-22-50(74(49)127-84-72(108)69(105)66(102)52(125-84)27-117-82-70(106)67(103)63(99)30(3)119-82)121-39-13-7-32(8-14-39)73(126-53-25-42(85)62(98)29(2)118-53)61-80(114)90-59(81(115)116-4)41-23-37(94)24-48(123-83-71(107)68(104)65(101)51(26-93)124-83)54(41)40-17-34(10-15-43(40)95)56(76(110)92-61)87-78(112)58(36)88-77(111)57(35)89-79(60)113/h5-24,29-30,42,51-53,55-73,82-84,93-108H,25-27,85-86H2,1-4H3,(H,87,112)(H,88,111)(H,89,113)(H,90,114)(H,91,109)(H,92,110)/t29-,30-,42+,51+,52+,53-,55+,56+,57-,58+,59?,60+,61-,62-,63-,64+,65+,66+,67+,68-,69-,70+,71-,72+,73+,82+,83+,84-/m0/s1. The summed E-state index contributed by atoms with van der Waals surface area (Å²) >= 11 is 0. The summed E-state index contributed by atoms with van der Waals surface area (Å²) in [6, 6.07) is 5.99. The van der Waals surface area contributed by atoms with E-state index in [4.69, 9.17) is 68.3 Å². The van der Waals surface area contributed by atoms with Gasteiger partial charge in [0.2, 0.25) is 53.8 Å². The second-order valence-electron chi connectivity index (χ2n) is 31.7. The zero-order valence-corrected chi connectivity index (χ0v) is 67.4. The molecule has 6 amide bonds. The van der Waals surface area contributed by atoms with Gasteiger partial charge in [0.05, 0.1) is 38.6 Å². The summed E-state index contributed by atoms with van der Waals surface area (Å²) in [5.74, 6) is -16.2. The average molecular weight is 1770 g/mol. The molecule has 127 heavy (non-hydrogen) atoms. The third kappa shape index (κ3) is 17.9. The summed E-state index contributed by atoms with van der Waals surface area (Å²) in [5, 5.41) is 198. The van der Waals surface area contributed by atoms with Crippen molar-refractivity contribution in [3.8, 4) is 80.1 Å². The number of carbonyl (C=O) groups excluding carboxylic acids is 7. The Balaban J connectivity index is 0.966. The largest absolute Gasteiger partial charge is 0.508 e. The van der Waals surface area contributed by atoms with E-state index < -0.39 is 305 Å². The number of methoxy groups -OCH3 is 1. The second-order valence-corrected chi connectivity index (χ2v) is 31.7. The zero-order chi connectivity index (χ0) is 90.9. The van der Waals surface area contributed by atoms with Crippen molar-refractivity contribution in [2.45, 2.75) is 198 Å². The summed E-state index contributed by atoms with van der Waals surface area (Å²) in [5.41, 5.74) is 9.79. The number of hydrogen-bond acceptors (Lipinski definition) is 37. The number of aliphatic hydroxyl groups is 12. The first-order valence-corrected chi connectivity index (χ1v) is 40.0. The normalized spacial score (nSPS) is 33.3. The molecular weight excluding hydrogens is 1680 g/mol. The van der Waals surface area contributed by atoms with E-state index in [0.29, 0.717) is 0 Å². The van der Waals surface area contributed by atoms with Crippen LogP contribution < -0.4 is 67.1 Å². The summed E-state index contributed by atoms with van der Waals surface area (Å²) in [4.78, 5) is 111. The fraction of sp³-hybridized carbons (Fsp3) is 0.417. The summed E-state index contributed by atoms with van der Waals surface area (Å²) < 4.78 is 74.0. The summed E-state index contributed by atoms with van der Waals surface area (Å²) in [6.45, 7) is 2.35. The maximum Gasteiger partial charge on any atom is 0.333 e. The van der Waals surface area contributed by atoms with Crippen molar-refractivity contribution < 1.29 is 172 Å². The molecule has 678 valence electrons. The predicted molar refractivity (Wildman–Crippen MR) is 424 cm³/mol. The average Bonchev–Trinajstić information content (AvgIpc) is 0.744. The van der Waals surface area contributed by atoms with E-state index in [9.17, 15) is 91.3 Å². The molecule has 26 N–H and O–H groups in total. The monoisotopic (exact) mass is 1770 g/mol. The van der Waals surface area contributed by atoms with Crippen molar-refractivity contribution in [1.29, 1.82) is 0 Å². The van der Waals surface area contributed by atoms with Gasteiger partial charge in [-0.1, -0.05) is 36.4 Å². The lowest BCUT2D eigenvalue weighted by Gasteiger charge is -2.42. The molecular formula is C84H92N8O35. The van der Waals surface area contributed by atoms with Crippen LogP contribution in [0, 0.1) is 6.92 Å². The number of rotatable bonds is 11. The van der Waals surface area contributed by atoms with Crippen molar-refractivity contribution in [3.63, 3.8) is 0 Å². The van der Waals surface area contributed by atoms with Crippen LogP contribution in [0.1, 0.15) is 107 Å². The van der Waals surface area contributed by atoms with E-state index in [1.165, 1.54) is 81.4 Å². The van der Waals surface area contributed by atoms with Gasteiger partial charge in [-0.15, -0.1) is 0 Å². The van der Waals surface area contributed by atoms with Crippen molar-refractivity contribution in [2.75, 3.05) is 20.3 Å². The van der Waals surface area contributed by atoms with Gasteiger partial charge in [0.1, 0.15) is 156 Å². The van der Waals surface area contributed by atoms with Crippen LogP contribution in [0.15, 0.2) is 121 Å². The summed E-state index contributed by atoms with van der Waals surface area (Å²) in [7, 11) is 0.901. The van der Waals surface area contributed by atoms with E-state index in [2.05, 4.69) is 31.9 Å². The van der Waals surface area contributed by atoms with Gasteiger partial charge in [0.25, 0.3) is 0 Å². The van der Waals surface area contributed by atoms with Gasteiger partial charge in [-0.05, 0) is 133 Å². The number of carbonyl (C=O) groups is 7. The number of aromatic hydroxyl groups is 4. The van der Waals surface area contributed by atoms with E-state index in [1.54, 1.807) is 0 Å². The minimum atomic E-state index is -2.46. The van der Waals surface area contributed by atoms with Gasteiger partial charge in [0, 0.05) is 40.8 Å². The highest BCUT2D eigenvalue weighted by Gasteiger charge is 2.52. The molecule has 0 spiro atoms. The van der Waals surface area contributed by atoms with E-state index in [-0.39, 0.29) is 51.7 Å². The number of phenols is 4. The van der Waals surface area contributed by atoms with Crippen LogP contribution in [-0.4, -0.2) is 272 Å². The van der Waals surface area contributed by atoms with Crippen LogP contribution in [0.5, 0.6) is 69.0 Å². The number of nitrogens with two attached hydrogens (primary N) is 2. The van der Waals surface area contributed by atoms with Crippen molar-refractivity contribution in [3.05, 3.63) is 166 Å². The molecule has 1 unspecified atom stereocenters. The Morgan fingerprint density at radius 2 is 0.984 bits per heavy atom. The third-order valence-electron chi connectivity index (χ3n) is 23.3. The molecule has 17 bridgehead atoms. The molecule has 0 aliphatic carbocycles. The number of benzene rings is 7. The second kappa shape index (κ2) is 36.5. The highest BCUT2D eigenvalue weighted by atomic mass is 16.7. The van der Waals surface area contributed by atoms with Crippen molar-refractivity contribution in [2.24, 2.45) is 11.5 Å². The summed E-state index contributed by atoms with van der Waals surface area (Å²) in [6.07, 6.45) is -37.1. The number of aliphatic hydroxyl groups excluding tert-OH is 12. The lowest BCUT2D eigenvalue weighted by atomic mass is 9.89. The Bertz CT molecular complexity index is 5330. The van der Waals surface area contributed by atoms with Crippen LogP contribution >= 0.6 is 0 Å². The number of esters is 1. The predicted octanol–water partition coefficient (Wildman–Crippen LogP) is -2.79. The van der Waals surface area contributed by atoms with Crippen molar-refractivity contribution >= 4 is 41.4 Å². The topological polar surface area (TPSA) is 678 Å². The Morgan fingerprint density at radius 1 is 0.465 bits per heavy atom. The van der Waals surface area contributed by atoms with Gasteiger partial charge < -0.3 is 182 Å². The molecule has 7 aromatic carbocycles. The van der Waals surface area contributed by atoms with E-state index in [1.807, 2.05) is 0 Å². The molecule has 17 rings (SSSR count). The van der Waals surface area contributed by atoms with Gasteiger partial charge in [0.15, 0.2) is 41.6 Å². The number of fused-ring (bicyclic) bond motifs is 14. The number of amides is 6. The molecule has 10 aliphatic heterocycles. The molecule has 10 heterocycles. The Hall–Kier alpha value is -11.8. The SMILES string of the molecule is COC(=O)C1NC(=O)[C@H]2NC(=O)[C@H](NC(=O)[C@@H]3NC(=O)[C@H]4NC(=O)[C@H](NC(=O)[C@H](N)c5ccc(O)c(c5)Oc5cc4cc(O)c5C)[C@H](O)c4ccc(cc4)Oc4cc3cc(c4O[C@@H]3O[C@H](CO[C@@H]4O[C@@H](C)[C@H](O)[C@@H](O)[C@H]4O)[C@@H](O)[C@H](O)[C@H]3O)Oc3ccc(cc3)[C@H]2O[C@H]2C[C@@H](N)[C@@H](O)[C@H](C)O2)c2ccc(O)c(c2)-c2c(O[C@@H]3O[C@H](CO)[C@@H](O)[C@H](O)[C@@H]3O)cc(O)cc21. The minimum absolute atomic E-state index is 0.0198. The maximum atomic E-state index is 16.9. The van der Waals surface area contributed by atoms with Gasteiger partial charge in [-0.3, -0.25) is 28.8 Å². The number of hydrogen-bond donors (Lipinski definition) is 24. The molecule has 4 fully saturated rings. The number of phenolic OH excluding ortho intramolecular Hbond substituents is 4. The van der Waals surface area contributed by atoms with E-state index in [0.717, 1.165) is 67.8 Å². The number of ether oxygens (including phenoxy) is 12. The third-order valence-corrected chi connectivity index (χ3v) is 23.3. The molecule has 28 atom stereocenters. The lowest BCUT2D eigenvalue weighted by Crippen LogP contribution is -2.61. The van der Waals surface area contributed by atoms with Gasteiger partial charge in [-0.25, -0.2) is 4.79 Å². The van der Waals surface area contributed by atoms with Crippen molar-refractivity contribution in [1.82, 2.24) is 31.9 Å². The van der Waals surface area contributed by atoms with Crippen LogP contribution in [0.25, 0.3) is 11.1 Å². The molecule has 0 aromatic heterocycles. The fourth-order valence-electron chi connectivity index (χ4n) is 16.0. The van der Waals surface area contributed by atoms with Gasteiger partial charge in [-0.2, -0.15) is 0 Å². The number of nitrogens with one attached hydrogen (secondary N) is 6. The highest BCUT2D eigenvalue weighted by molar-refractivity contribution is 6.00. The van der Waals surface area contributed by atoms with Gasteiger partial charge >= 0.3 is 5.97 Å². The fourth-order valence-corrected chi connectivity index (χ4v) is 16.0. The first-order chi connectivity index (χ1) is 60.4. The minimum Gasteiger partial charge on any atom is -0.508 e. The van der Waals surface area contributed by atoms with Crippen LogP contribution in [0.2, 0.25) is 0 Å². The first-order valence-electron chi connectivity index (χ1n) is 40.0. The quantitative estimate of drug-likeness (QED) is 0.0582. The zero-order valence-electron chi connectivity index (χ0n) is 67.4. The molecule has 43 heteroatoms.